The number of anilines is 2. The smallest absolute Gasteiger partial charge is 0.416 e. The predicted molar refractivity (Wildman–Crippen MR) is 102 cm³/mol. The molecule has 28 heavy (non-hydrogen) atoms. The van der Waals surface area contributed by atoms with E-state index in [2.05, 4.69) is 19.8 Å². The number of alkyl halides is 3. The quantitative estimate of drug-likeness (QED) is 0.679. The third-order valence-corrected chi connectivity index (χ3v) is 4.94. The van der Waals surface area contributed by atoms with Crippen molar-refractivity contribution in [2.24, 2.45) is 0 Å². The van der Waals surface area contributed by atoms with Gasteiger partial charge in [-0.1, -0.05) is 6.07 Å². The summed E-state index contributed by atoms with van der Waals surface area (Å²) in [4.78, 5) is 12.9. The minimum absolute atomic E-state index is 0.351. The molecule has 2 aromatic heterocycles. The van der Waals surface area contributed by atoms with Gasteiger partial charge < -0.3 is 14.5 Å². The molecule has 0 unspecified atom stereocenters. The number of rotatable bonds is 3. The Morgan fingerprint density at radius 1 is 0.893 bits per heavy atom. The standard InChI is InChI=1S/C20H19F3N4O/c1-28-15-4-6-25-19(13-15)27-10-8-26(9-11-27)18-5-7-24-17-12-14(20(21,22)23)2-3-16(17)18/h2-7,12-13H,8-11H2,1H3. The first-order valence-corrected chi connectivity index (χ1v) is 8.91. The molecule has 0 amide bonds. The van der Waals surface area contributed by atoms with Crippen molar-refractivity contribution in [2.45, 2.75) is 6.18 Å². The van der Waals surface area contributed by atoms with Crippen molar-refractivity contribution in [1.82, 2.24) is 9.97 Å². The van der Waals surface area contributed by atoms with Crippen molar-refractivity contribution in [3.8, 4) is 5.75 Å². The fourth-order valence-electron chi connectivity index (χ4n) is 3.46. The molecule has 3 heterocycles. The summed E-state index contributed by atoms with van der Waals surface area (Å²) in [5, 5.41) is 0.725. The zero-order valence-corrected chi connectivity index (χ0v) is 15.3. The Morgan fingerprint density at radius 2 is 1.61 bits per heavy atom. The van der Waals surface area contributed by atoms with Crippen LogP contribution in [0.5, 0.6) is 5.75 Å². The molecular formula is C20H19F3N4O. The minimum atomic E-state index is -4.37. The number of benzene rings is 1. The molecule has 0 atom stereocenters. The lowest BCUT2D eigenvalue weighted by molar-refractivity contribution is -0.137. The number of aromatic nitrogens is 2. The number of pyridine rings is 2. The van der Waals surface area contributed by atoms with Crippen molar-refractivity contribution in [3.63, 3.8) is 0 Å². The first-order valence-electron chi connectivity index (χ1n) is 8.91. The molecule has 0 spiro atoms. The van der Waals surface area contributed by atoms with Crippen molar-refractivity contribution in [2.75, 3.05) is 43.1 Å². The first-order chi connectivity index (χ1) is 13.5. The highest BCUT2D eigenvalue weighted by molar-refractivity contribution is 5.92. The zero-order chi connectivity index (χ0) is 19.7. The Labute approximate surface area is 160 Å². The predicted octanol–water partition coefficient (Wildman–Crippen LogP) is 3.98. The molecule has 5 nitrogen and oxygen atoms in total. The first kappa shape index (κ1) is 18.3. The van der Waals surface area contributed by atoms with Crippen molar-refractivity contribution >= 4 is 22.4 Å². The molecule has 3 aromatic rings. The highest BCUT2D eigenvalue weighted by Gasteiger charge is 2.31. The lowest BCUT2D eigenvalue weighted by Crippen LogP contribution is -2.46. The van der Waals surface area contributed by atoms with Crippen LogP contribution in [0.4, 0.5) is 24.7 Å². The van der Waals surface area contributed by atoms with Gasteiger partial charge in [-0.3, -0.25) is 4.98 Å². The molecule has 8 heteroatoms. The highest BCUT2D eigenvalue weighted by atomic mass is 19.4. The number of fused-ring (bicyclic) bond motifs is 1. The third-order valence-electron chi connectivity index (χ3n) is 4.94. The molecule has 1 aromatic carbocycles. The van der Waals surface area contributed by atoms with Gasteiger partial charge in [-0.15, -0.1) is 0 Å². The molecule has 1 aliphatic rings. The van der Waals surface area contributed by atoms with Crippen LogP contribution in [0.2, 0.25) is 0 Å². The van der Waals surface area contributed by atoms with Gasteiger partial charge in [0.05, 0.1) is 18.2 Å². The van der Waals surface area contributed by atoms with E-state index in [9.17, 15) is 13.2 Å². The van der Waals surface area contributed by atoms with Crippen LogP contribution in [-0.4, -0.2) is 43.3 Å². The molecule has 0 N–H and O–H groups in total. The van der Waals surface area contributed by atoms with Gasteiger partial charge in [0.1, 0.15) is 11.6 Å². The van der Waals surface area contributed by atoms with Gasteiger partial charge in [0.25, 0.3) is 0 Å². The maximum atomic E-state index is 13.0. The van der Waals surface area contributed by atoms with E-state index in [0.717, 1.165) is 61.0 Å². The summed E-state index contributed by atoms with van der Waals surface area (Å²) in [6, 6.07) is 9.29. The lowest BCUT2D eigenvalue weighted by Gasteiger charge is -2.37. The van der Waals surface area contributed by atoms with E-state index in [1.54, 1.807) is 25.6 Å². The molecular weight excluding hydrogens is 369 g/mol. The van der Waals surface area contributed by atoms with Gasteiger partial charge in [-0.2, -0.15) is 13.2 Å². The molecule has 0 bridgehead atoms. The number of ether oxygens (including phenoxy) is 1. The summed E-state index contributed by atoms with van der Waals surface area (Å²) >= 11 is 0. The number of hydrogen-bond donors (Lipinski definition) is 0. The average Bonchev–Trinajstić information content (AvgIpc) is 2.72. The monoisotopic (exact) mass is 388 g/mol. The van der Waals surface area contributed by atoms with Gasteiger partial charge >= 0.3 is 6.18 Å². The van der Waals surface area contributed by atoms with E-state index >= 15 is 0 Å². The second-order valence-electron chi connectivity index (χ2n) is 6.59. The van der Waals surface area contributed by atoms with Crippen LogP contribution in [-0.2, 0) is 6.18 Å². The molecule has 146 valence electrons. The number of hydrogen-bond acceptors (Lipinski definition) is 5. The maximum Gasteiger partial charge on any atom is 0.416 e. The molecule has 1 fully saturated rings. The Balaban J connectivity index is 1.55. The third kappa shape index (κ3) is 3.54. The summed E-state index contributed by atoms with van der Waals surface area (Å²) < 4.78 is 44.2. The average molecular weight is 388 g/mol. The van der Waals surface area contributed by atoms with E-state index in [1.807, 2.05) is 12.1 Å². The molecule has 1 aliphatic heterocycles. The van der Waals surface area contributed by atoms with Gasteiger partial charge in [0.15, 0.2) is 0 Å². The zero-order valence-electron chi connectivity index (χ0n) is 15.3. The fourth-order valence-corrected chi connectivity index (χ4v) is 3.46. The Hall–Kier alpha value is -3.03. The highest BCUT2D eigenvalue weighted by Crippen LogP contribution is 2.34. The van der Waals surface area contributed by atoms with Gasteiger partial charge in [0.2, 0.25) is 0 Å². The summed E-state index contributed by atoms with van der Waals surface area (Å²) in [5.74, 6) is 1.61. The van der Waals surface area contributed by atoms with Crippen LogP contribution >= 0.6 is 0 Å². The van der Waals surface area contributed by atoms with E-state index in [4.69, 9.17) is 4.74 Å². The topological polar surface area (TPSA) is 41.5 Å². The van der Waals surface area contributed by atoms with Gasteiger partial charge in [0, 0.05) is 55.7 Å². The van der Waals surface area contributed by atoms with Crippen LogP contribution in [0.25, 0.3) is 10.9 Å². The minimum Gasteiger partial charge on any atom is -0.497 e. The number of nitrogens with zero attached hydrogens (tertiary/aromatic N) is 4. The Morgan fingerprint density at radius 3 is 2.32 bits per heavy atom. The molecule has 0 aliphatic carbocycles. The number of piperazine rings is 1. The van der Waals surface area contributed by atoms with Crippen LogP contribution in [0.1, 0.15) is 5.56 Å². The van der Waals surface area contributed by atoms with Crippen molar-refractivity contribution in [1.29, 1.82) is 0 Å². The van der Waals surface area contributed by atoms with E-state index in [-0.39, 0.29) is 0 Å². The summed E-state index contributed by atoms with van der Waals surface area (Å²) in [5.41, 5.74) is 0.569. The summed E-state index contributed by atoms with van der Waals surface area (Å²) in [6.07, 6.45) is -1.09. The maximum absolute atomic E-state index is 13.0. The second kappa shape index (κ2) is 7.18. The number of methoxy groups -OCH3 is 1. The lowest BCUT2D eigenvalue weighted by atomic mass is 10.1. The van der Waals surface area contributed by atoms with E-state index in [1.165, 1.54) is 6.07 Å². The largest absolute Gasteiger partial charge is 0.497 e. The molecule has 1 saturated heterocycles. The van der Waals surface area contributed by atoms with Gasteiger partial charge in [-0.05, 0) is 24.3 Å². The summed E-state index contributed by atoms with van der Waals surface area (Å²) in [6.45, 7) is 2.98. The number of halogens is 3. The van der Waals surface area contributed by atoms with Gasteiger partial charge in [-0.25, -0.2) is 4.98 Å². The van der Waals surface area contributed by atoms with Crippen LogP contribution in [0.15, 0.2) is 48.8 Å². The van der Waals surface area contributed by atoms with Crippen LogP contribution < -0.4 is 14.5 Å². The van der Waals surface area contributed by atoms with E-state index in [0.29, 0.717) is 5.52 Å². The summed E-state index contributed by atoms with van der Waals surface area (Å²) in [7, 11) is 1.62. The normalized spacial score (nSPS) is 15.1. The fraction of sp³-hybridized carbons (Fsp3) is 0.300. The Bertz CT molecular complexity index is 985. The van der Waals surface area contributed by atoms with E-state index < -0.39 is 11.7 Å². The van der Waals surface area contributed by atoms with Crippen LogP contribution in [0.3, 0.4) is 0 Å². The SMILES string of the molecule is COc1ccnc(N2CCN(c3ccnc4cc(C(F)(F)F)ccc34)CC2)c1. The Kier molecular flexibility index (Phi) is 4.70. The van der Waals surface area contributed by atoms with Crippen molar-refractivity contribution in [3.05, 3.63) is 54.4 Å². The molecule has 0 radical (unpaired) electrons. The molecule has 4 rings (SSSR count). The second-order valence-corrected chi connectivity index (χ2v) is 6.59. The van der Waals surface area contributed by atoms with Crippen molar-refractivity contribution < 1.29 is 17.9 Å². The van der Waals surface area contributed by atoms with Crippen LogP contribution in [0, 0.1) is 0 Å². The molecule has 0 saturated carbocycles.